The fraction of sp³-hybridized carbons (Fsp3) is 0.364. The second-order valence-corrected chi connectivity index (χ2v) is 8.46. The molecule has 1 N–H and O–H groups in total. The highest BCUT2D eigenvalue weighted by molar-refractivity contribution is 9.10. The average Bonchev–Trinajstić information content (AvgIpc) is 3.45. The van der Waals surface area contributed by atoms with Crippen LogP contribution in [0.3, 0.4) is 0 Å². The van der Waals surface area contributed by atoms with Crippen molar-refractivity contribution in [2.24, 2.45) is 11.8 Å². The Hall–Kier alpha value is -2.18. The lowest BCUT2D eigenvalue weighted by atomic mass is 10.1. The van der Waals surface area contributed by atoms with Crippen LogP contribution in [0.1, 0.15) is 35.4 Å². The molecule has 0 aromatic heterocycles. The Balaban J connectivity index is 1.39. The fourth-order valence-corrected chi connectivity index (χ4v) is 3.78. The second kappa shape index (κ2) is 8.05. The predicted molar refractivity (Wildman–Crippen MR) is 111 cm³/mol. The first-order valence-electron chi connectivity index (χ1n) is 9.58. The van der Waals surface area contributed by atoms with E-state index in [1.807, 2.05) is 29.2 Å². The Labute approximate surface area is 173 Å². The molecule has 1 saturated heterocycles. The van der Waals surface area contributed by atoms with Gasteiger partial charge < -0.3 is 15.0 Å². The van der Waals surface area contributed by atoms with E-state index in [4.69, 9.17) is 4.74 Å². The van der Waals surface area contributed by atoms with Crippen molar-refractivity contribution in [2.75, 3.05) is 25.0 Å². The molecule has 5 nitrogen and oxygen atoms in total. The minimum atomic E-state index is -0.120. The minimum absolute atomic E-state index is 0.0147. The van der Waals surface area contributed by atoms with Gasteiger partial charge in [0.25, 0.3) is 5.91 Å². The summed E-state index contributed by atoms with van der Waals surface area (Å²) in [5.41, 5.74) is 2.41. The monoisotopic (exact) mass is 442 g/mol. The molecular formula is C22H23BrN2O3. The highest BCUT2D eigenvalue weighted by Crippen LogP contribution is 2.38. The molecule has 28 heavy (non-hydrogen) atoms. The molecule has 2 aromatic rings. The topological polar surface area (TPSA) is 58.6 Å². The van der Waals surface area contributed by atoms with Crippen LogP contribution in [-0.4, -0.2) is 36.4 Å². The number of halogens is 1. The van der Waals surface area contributed by atoms with Gasteiger partial charge in [0.15, 0.2) is 0 Å². The van der Waals surface area contributed by atoms with Gasteiger partial charge in [0.05, 0.1) is 13.2 Å². The molecule has 2 amide bonds. The van der Waals surface area contributed by atoms with Gasteiger partial charge in [0.2, 0.25) is 5.91 Å². The molecule has 1 aliphatic carbocycles. The smallest absolute Gasteiger partial charge is 0.254 e. The third-order valence-corrected chi connectivity index (χ3v) is 5.97. The summed E-state index contributed by atoms with van der Waals surface area (Å²) in [6.07, 6.45) is 0.837. The normalized spacial score (nSPS) is 23.9. The lowest BCUT2D eigenvalue weighted by molar-refractivity contribution is -0.117. The molecule has 2 aliphatic rings. The predicted octanol–water partition coefficient (Wildman–Crippen LogP) is 4.26. The first kappa shape index (κ1) is 19.2. The maximum absolute atomic E-state index is 12.9. The number of anilines is 1. The minimum Gasteiger partial charge on any atom is -0.370 e. The number of carbonyl (C=O) groups excluding carboxylic acids is 2. The Morgan fingerprint density at radius 1 is 1.11 bits per heavy atom. The lowest BCUT2D eigenvalue weighted by Crippen LogP contribution is -2.42. The molecule has 3 atom stereocenters. The fourth-order valence-electron chi connectivity index (χ4n) is 3.51. The summed E-state index contributed by atoms with van der Waals surface area (Å²) in [7, 11) is 0. The van der Waals surface area contributed by atoms with Crippen molar-refractivity contribution >= 4 is 33.4 Å². The maximum Gasteiger partial charge on any atom is 0.254 e. The van der Waals surface area contributed by atoms with E-state index in [1.54, 1.807) is 24.3 Å². The molecule has 6 heteroatoms. The zero-order chi connectivity index (χ0) is 19.7. The van der Waals surface area contributed by atoms with E-state index in [1.165, 1.54) is 0 Å². The number of hydrogen-bond acceptors (Lipinski definition) is 3. The van der Waals surface area contributed by atoms with Crippen molar-refractivity contribution < 1.29 is 14.3 Å². The third-order valence-electron chi connectivity index (χ3n) is 5.44. The van der Waals surface area contributed by atoms with Crippen LogP contribution >= 0.6 is 15.9 Å². The summed E-state index contributed by atoms with van der Waals surface area (Å²) in [5, 5.41) is 2.93. The lowest BCUT2D eigenvalue weighted by Gasteiger charge is -2.33. The van der Waals surface area contributed by atoms with Crippen LogP contribution in [-0.2, 0) is 9.53 Å². The molecule has 0 spiro atoms. The van der Waals surface area contributed by atoms with Crippen molar-refractivity contribution in [1.29, 1.82) is 0 Å². The number of amides is 2. The summed E-state index contributed by atoms with van der Waals surface area (Å²) in [6, 6.07) is 15.1. The largest absolute Gasteiger partial charge is 0.370 e. The van der Waals surface area contributed by atoms with E-state index in [-0.39, 0.29) is 23.8 Å². The van der Waals surface area contributed by atoms with Gasteiger partial charge in [-0.05, 0) is 54.3 Å². The average molecular weight is 443 g/mol. The number of nitrogens with zero attached hydrogens (tertiary/aromatic N) is 1. The molecule has 2 fully saturated rings. The van der Waals surface area contributed by atoms with Crippen molar-refractivity contribution in [3.63, 3.8) is 0 Å². The van der Waals surface area contributed by atoms with E-state index in [0.717, 1.165) is 22.1 Å². The maximum atomic E-state index is 12.9. The van der Waals surface area contributed by atoms with Crippen LogP contribution in [0.4, 0.5) is 5.69 Å². The zero-order valence-electron chi connectivity index (χ0n) is 15.7. The number of nitrogens with one attached hydrogen (secondary N) is 1. The third kappa shape index (κ3) is 4.28. The second-order valence-electron chi connectivity index (χ2n) is 7.55. The molecule has 3 unspecified atom stereocenters. The Bertz CT molecular complexity index is 866. The molecular weight excluding hydrogens is 420 g/mol. The number of morpholine rings is 1. The molecule has 2 aromatic carbocycles. The van der Waals surface area contributed by atoms with E-state index in [9.17, 15) is 9.59 Å². The molecule has 1 aliphatic heterocycles. The van der Waals surface area contributed by atoms with Gasteiger partial charge >= 0.3 is 0 Å². The number of carbonyl (C=O) groups is 2. The van der Waals surface area contributed by atoms with Gasteiger partial charge in [-0.25, -0.2) is 0 Å². The first-order chi connectivity index (χ1) is 13.5. The van der Waals surface area contributed by atoms with Gasteiger partial charge in [-0.3, -0.25) is 9.59 Å². The molecule has 1 heterocycles. The highest BCUT2D eigenvalue weighted by Gasteiger charge is 2.39. The van der Waals surface area contributed by atoms with E-state index >= 15 is 0 Å². The molecule has 4 rings (SSSR count). The van der Waals surface area contributed by atoms with Gasteiger partial charge in [0, 0.05) is 28.2 Å². The van der Waals surface area contributed by atoms with Gasteiger partial charge in [-0.2, -0.15) is 0 Å². The zero-order valence-corrected chi connectivity index (χ0v) is 17.3. The SMILES string of the molecule is CC1CC1C(=O)Nc1ccc(C(=O)N2CCOC(c3ccc(Br)cc3)C2)cc1. The standard InChI is InChI=1S/C22H23BrN2O3/c1-14-12-19(14)21(26)24-18-8-4-16(5-9-18)22(27)25-10-11-28-20(13-25)15-2-6-17(23)7-3-15/h2-9,14,19-20H,10-13H2,1H3,(H,24,26). The quantitative estimate of drug-likeness (QED) is 0.769. The van der Waals surface area contributed by atoms with Crippen LogP contribution in [0.15, 0.2) is 53.0 Å². The van der Waals surface area contributed by atoms with E-state index < -0.39 is 0 Å². The van der Waals surface area contributed by atoms with Crippen molar-refractivity contribution in [3.05, 3.63) is 64.1 Å². The van der Waals surface area contributed by atoms with E-state index in [0.29, 0.717) is 31.2 Å². The van der Waals surface area contributed by atoms with Gasteiger partial charge in [-0.1, -0.05) is 35.0 Å². The van der Waals surface area contributed by atoms with Crippen molar-refractivity contribution in [2.45, 2.75) is 19.4 Å². The molecule has 1 saturated carbocycles. The van der Waals surface area contributed by atoms with Crippen LogP contribution in [0.25, 0.3) is 0 Å². The van der Waals surface area contributed by atoms with Crippen molar-refractivity contribution in [3.8, 4) is 0 Å². The Kier molecular flexibility index (Phi) is 5.51. The van der Waals surface area contributed by atoms with Gasteiger partial charge in [0.1, 0.15) is 6.10 Å². The summed E-state index contributed by atoms with van der Waals surface area (Å²) in [5.74, 6) is 0.655. The summed E-state index contributed by atoms with van der Waals surface area (Å²) in [6.45, 7) is 3.69. The highest BCUT2D eigenvalue weighted by atomic mass is 79.9. The Morgan fingerprint density at radius 3 is 2.43 bits per heavy atom. The van der Waals surface area contributed by atoms with Crippen LogP contribution in [0, 0.1) is 11.8 Å². The van der Waals surface area contributed by atoms with Crippen LogP contribution < -0.4 is 5.32 Å². The van der Waals surface area contributed by atoms with Gasteiger partial charge in [-0.15, -0.1) is 0 Å². The summed E-state index contributed by atoms with van der Waals surface area (Å²) in [4.78, 5) is 26.8. The van der Waals surface area contributed by atoms with Crippen LogP contribution in [0.5, 0.6) is 0 Å². The van der Waals surface area contributed by atoms with Crippen LogP contribution in [0.2, 0.25) is 0 Å². The number of ether oxygens (including phenoxy) is 1. The van der Waals surface area contributed by atoms with E-state index in [2.05, 4.69) is 28.2 Å². The molecule has 0 radical (unpaired) electrons. The molecule has 0 bridgehead atoms. The Morgan fingerprint density at radius 2 is 1.79 bits per heavy atom. The summed E-state index contributed by atoms with van der Waals surface area (Å²) < 4.78 is 6.88. The number of hydrogen-bond donors (Lipinski definition) is 1. The summed E-state index contributed by atoms with van der Waals surface area (Å²) >= 11 is 3.44. The first-order valence-corrected chi connectivity index (χ1v) is 10.4. The van der Waals surface area contributed by atoms with Crippen molar-refractivity contribution in [1.82, 2.24) is 4.90 Å². The molecule has 146 valence electrons. The number of rotatable bonds is 4. The number of benzene rings is 2.